The Labute approximate surface area is 124 Å². The van der Waals surface area contributed by atoms with Crippen LogP contribution in [0.25, 0.3) is 0 Å². The van der Waals surface area contributed by atoms with Crippen LogP contribution in [0.1, 0.15) is 5.56 Å². The number of carbonyl (C=O) groups excluding carboxylic acids is 1. The van der Waals surface area contributed by atoms with Crippen molar-refractivity contribution in [2.75, 3.05) is 23.7 Å². The molecule has 1 aromatic rings. The van der Waals surface area contributed by atoms with E-state index in [2.05, 4.69) is 11.9 Å². The van der Waals surface area contributed by atoms with Gasteiger partial charge in [0.2, 0.25) is 15.9 Å². The summed E-state index contributed by atoms with van der Waals surface area (Å²) in [5.74, 6) is -0.408. The number of nitrogens with one attached hydrogen (secondary N) is 1. The summed E-state index contributed by atoms with van der Waals surface area (Å²) in [5.41, 5.74) is 1.00. The Balaban J connectivity index is 3.11. The van der Waals surface area contributed by atoms with Crippen LogP contribution >= 0.6 is 11.6 Å². The first kappa shape index (κ1) is 16.5. The quantitative estimate of drug-likeness (QED) is 0.813. The van der Waals surface area contributed by atoms with E-state index in [0.717, 1.165) is 10.6 Å². The average Bonchev–Trinajstić information content (AvgIpc) is 2.36. The molecule has 0 aliphatic heterocycles. The summed E-state index contributed by atoms with van der Waals surface area (Å²) >= 11 is 5.99. The van der Waals surface area contributed by atoms with Crippen molar-refractivity contribution in [3.63, 3.8) is 0 Å². The van der Waals surface area contributed by atoms with Crippen LogP contribution in [0, 0.1) is 6.92 Å². The maximum absolute atomic E-state index is 11.9. The van der Waals surface area contributed by atoms with Gasteiger partial charge in [0.15, 0.2) is 0 Å². The van der Waals surface area contributed by atoms with Gasteiger partial charge in [0.25, 0.3) is 0 Å². The molecule has 110 valence electrons. The lowest BCUT2D eigenvalue weighted by Gasteiger charge is -2.23. The van der Waals surface area contributed by atoms with Crippen LogP contribution < -0.4 is 9.62 Å². The molecule has 1 N–H and O–H groups in total. The molecule has 7 heteroatoms. The first-order chi connectivity index (χ1) is 9.27. The highest BCUT2D eigenvalue weighted by Gasteiger charge is 2.22. The van der Waals surface area contributed by atoms with Gasteiger partial charge < -0.3 is 5.32 Å². The van der Waals surface area contributed by atoms with E-state index in [-0.39, 0.29) is 13.1 Å². The van der Waals surface area contributed by atoms with Crippen molar-refractivity contribution < 1.29 is 13.2 Å². The molecule has 0 aliphatic carbocycles. The normalized spacial score (nSPS) is 10.9. The minimum Gasteiger partial charge on any atom is -0.351 e. The molecule has 0 fully saturated rings. The minimum atomic E-state index is -3.59. The maximum Gasteiger partial charge on any atom is 0.241 e. The second-order valence-corrected chi connectivity index (χ2v) is 6.56. The predicted molar refractivity (Wildman–Crippen MR) is 81.6 cm³/mol. The van der Waals surface area contributed by atoms with Crippen LogP contribution in [0.5, 0.6) is 0 Å². The molecule has 0 aliphatic rings. The van der Waals surface area contributed by atoms with E-state index >= 15 is 0 Å². The van der Waals surface area contributed by atoms with Gasteiger partial charge in [0, 0.05) is 11.6 Å². The number of benzene rings is 1. The SMILES string of the molecule is C=CCNC(=O)CN(c1cccc(Cl)c1C)S(C)(=O)=O. The van der Waals surface area contributed by atoms with Gasteiger partial charge >= 0.3 is 0 Å². The summed E-state index contributed by atoms with van der Waals surface area (Å²) in [6.45, 7) is 5.17. The molecule has 0 saturated carbocycles. The zero-order valence-electron chi connectivity index (χ0n) is 11.4. The van der Waals surface area contributed by atoms with Crippen LogP contribution in [-0.4, -0.2) is 33.7 Å². The Bertz CT molecular complexity index is 614. The zero-order chi connectivity index (χ0) is 15.3. The molecule has 0 radical (unpaired) electrons. The number of sulfonamides is 1. The van der Waals surface area contributed by atoms with Crippen LogP contribution in [0.15, 0.2) is 30.9 Å². The van der Waals surface area contributed by atoms with Gasteiger partial charge in [0.1, 0.15) is 6.54 Å². The van der Waals surface area contributed by atoms with E-state index in [1.165, 1.54) is 6.08 Å². The van der Waals surface area contributed by atoms with Crippen molar-refractivity contribution in [3.05, 3.63) is 41.4 Å². The third kappa shape index (κ3) is 4.25. The van der Waals surface area contributed by atoms with Crippen molar-refractivity contribution in [3.8, 4) is 0 Å². The summed E-state index contributed by atoms with van der Waals surface area (Å²) in [4.78, 5) is 11.7. The number of carbonyl (C=O) groups is 1. The van der Waals surface area contributed by atoms with Crippen molar-refractivity contribution >= 4 is 33.2 Å². The first-order valence-electron chi connectivity index (χ1n) is 5.87. The van der Waals surface area contributed by atoms with Crippen molar-refractivity contribution in [2.45, 2.75) is 6.92 Å². The molecule has 0 bridgehead atoms. The summed E-state index contributed by atoms with van der Waals surface area (Å²) in [5, 5.41) is 2.99. The van der Waals surface area contributed by atoms with Crippen LogP contribution in [0.2, 0.25) is 5.02 Å². The maximum atomic E-state index is 11.9. The first-order valence-corrected chi connectivity index (χ1v) is 8.10. The van der Waals surface area contributed by atoms with Gasteiger partial charge in [0.05, 0.1) is 11.9 Å². The van der Waals surface area contributed by atoms with Crippen LogP contribution in [-0.2, 0) is 14.8 Å². The minimum absolute atomic E-state index is 0.283. The Hall–Kier alpha value is -1.53. The fraction of sp³-hybridized carbons (Fsp3) is 0.308. The molecule has 1 aromatic carbocycles. The highest BCUT2D eigenvalue weighted by atomic mass is 35.5. The Morgan fingerprint density at radius 3 is 2.70 bits per heavy atom. The van der Waals surface area contributed by atoms with Gasteiger partial charge in [-0.1, -0.05) is 23.7 Å². The number of nitrogens with zero attached hydrogens (tertiary/aromatic N) is 1. The van der Waals surface area contributed by atoms with Gasteiger partial charge in [-0.25, -0.2) is 8.42 Å². The molecular weight excluding hydrogens is 300 g/mol. The topological polar surface area (TPSA) is 66.5 Å². The third-order valence-electron chi connectivity index (χ3n) is 2.64. The van der Waals surface area contributed by atoms with Crippen molar-refractivity contribution in [2.24, 2.45) is 0 Å². The molecule has 1 amide bonds. The molecule has 0 spiro atoms. The highest BCUT2D eigenvalue weighted by molar-refractivity contribution is 7.92. The van der Waals surface area contributed by atoms with E-state index in [1.54, 1.807) is 25.1 Å². The van der Waals surface area contributed by atoms with E-state index in [1.807, 2.05) is 0 Å². The molecule has 0 unspecified atom stereocenters. The Morgan fingerprint density at radius 2 is 2.15 bits per heavy atom. The lowest BCUT2D eigenvalue weighted by Crippen LogP contribution is -2.40. The van der Waals surface area contributed by atoms with E-state index in [4.69, 9.17) is 11.6 Å². The molecule has 0 saturated heterocycles. The standard InChI is InChI=1S/C13H17ClN2O3S/c1-4-8-15-13(17)9-16(20(3,18)19)12-7-5-6-11(14)10(12)2/h4-7H,1,8-9H2,2-3H3,(H,15,17). The molecular formula is C13H17ClN2O3S. The number of anilines is 1. The second kappa shape index (κ2) is 6.76. The summed E-state index contributed by atoms with van der Waals surface area (Å²) in [6.07, 6.45) is 2.57. The molecule has 1 rings (SSSR count). The largest absolute Gasteiger partial charge is 0.351 e. The third-order valence-corrected chi connectivity index (χ3v) is 4.17. The summed E-state index contributed by atoms with van der Waals surface area (Å²) in [7, 11) is -3.59. The lowest BCUT2D eigenvalue weighted by atomic mass is 10.2. The molecule has 20 heavy (non-hydrogen) atoms. The summed E-state index contributed by atoms with van der Waals surface area (Å²) in [6, 6.07) is 4.92. The predicted octanol–water partition coefficient (Wildman–Crippen LogP) is 1.72. The number of halogens is 1. The van der Waals surface area contributed by atoms with Gasteiger partial charge in [-0.3, -0.25) is 9.10 Å². The number of rotatable bonds is 6. The van der Waals surface area contributed by atoms with E-state index in [9.17, 15) is 13.2 Å². The Kier molecular flexibility index (Phi) is 5.59. The smallest absolute Gasteiger partial charge is 0.241 e. The fourth-order valence-corrected chi connectivity index (χ4v) is 2.70. The van der Waals surface area contributed by atoms with Gasteiger partial charge in [-0.2, -0.15) is 0 Å². The average molecular weight is 317 g/mol. The molecule has 0 heterocycles. The highest BCUT2D eigenvalue weighted by Crippen LogP contribution is 2.27. The monoisotopic (exact) mass is 316 g/mol. The molecule has 5 nitrogen and oxygen atoms in total. The van der Waals surface area contributed by atoms with Gasteiger partial charge in [-0.15, -0.1) is 6.58 Å². The zero-order valence-corrected chi connectivity index (χ0v) is 13.0. The number of amides is 1. The van der Waals surface area contributed by atoms with Crippen molar-refractivity contribution in [1.29, 1.82) is 0 Å². The lowest BCUT2D eigenvalue weighted by molar-refractivity contribution is -0.119. The van der Waals surface area contributed by atoms with Crippen molar-refractivity contribution in [1.82, 2.24) is 5.32 Å². The number of hydrogen-bond donors (Lipinski definition) is 1. The van der Waals surface area contributed by atoms with Crippen LogP contribution in [0.3, 0.4) is 0 Å². The van der Waals surface area contributed by atoms with Crippen LogP contribution in [0.4, 0.5) is 5.69 Å². The molecule has 0 aromatic heterocycles. The van der Waals surface area contributed by atoms with E-state index < -0.39 is 15.9 Å². The molecule has 0 atom stereocenters. The van der Waals surface area contributed by atoms with Gasteiger partial charge in [-0.05, 0) is 24.6 Å². The Morgan fingerprint density at radius 1 is 1.50 bits per heavy atom. The van der Waals surface area contributed by atoms with E-state index in [0.29, 0.717) is 16.3 Å². The second-order valence-electron chi connectivity index (χ2n) is 4.25. The fourth-order valence-electron chi connectivity index (χ4n) is 1.62. The summed E-state index contributed by atoms with van der Waals surface area (Å²) < 4.78 is 24.8. The number of hydrogen-bond acceptors (Lipinski definition) is 3.